The molecular formula is C36H54N6O3S. The third kappa shape index (κ3) is 8.79. The van der Waals surface area contributed by atoms with E-state index in [9.17, 15) is 9.59 Å². The van der Waals surface area contributed by atoms with Gasteiger partial charge >= 0.3 is 0 Å². The highest BCUT2D eigenvalue weighted by molar-refractivity contribution is 7.14. The Morgan fingerprint density at radius 2 is 1.89 bits per heavy atom. The van der Waals surface area contributed by atoms with Crippen molar-refractivity contribution in [3.63, 3.8) is 0 Å². The Balaban J connectivity index is 1.83. The molecule has 10 heteroatoms. The van der Waals surface area contributed by atoms with Crippen molar-refractivity contribution in [2.75, 3.05) is 40.8 Å². The number of thiazole rings is 1. The summed E-state index contributed by atoms with van der Waals surface area (Å²) in [4.78, 5) is 37.0. The molecule has 1 aliphatic carbocycles. The number of carbonyl (C=O) groups is 2. The quantitative estimate of drug-likeness (QED) is 0.119. The molecule has 1 aromatic rings. The van der Waals surface area contributed by atoms with Crippen molar-refractivity contribution in [1.82, 2.24) is 25.4 Å². The number of carbonyl (C=O) groups excluding carboxylic acids is 2. The first kappa shape index (κ1) is 36.8. The van der Waals surface area contributed by atoms with Crippen LogP contribution in [-0.2, 0) is 14.3 Å². The van der Waals surface area contributed by atoms with Crippen molar-refractivity contribution < 1.29 is 14.3 Å². The van der Waals surface area contributed by atoms with Gasteiger partial charge < -0.3 is 26.0 Å². The van der Waals surface area contributed by atoms with E-state index in [-0.39, 0.29) is 11.5 Å². The molecule has 4 N–H and O–H groups in total. The number of nitrogens with two attached hydrogens (primary N) is 1. The van der Waals surface area contributed by atoms with Gasteiger partial charge in [-0.05, 0) is 83.9 Å². The number of aromatic nitrogens is 1. The Morgan fingerprint density at radius 3 is 2.46 bits per heavy atom. The van der Waals surface area contributed by atoms with Crippen molar-refractivity contribution in [3.05, 3.63) is 74.9 Å². The second-order valence-corrected chi connectivity index (χ2v) is 13.2. The third-order valence-corrected chi connectivity index (χ3v) is 10.2. The van der Waals surface area contributed by atoms with Gasteiger partial charge in [-0.15, -0.1) is 11.3 Å². The van der Waals surface area contributed by atoms with Gasteiger partial charge in [-0.25, -0.2) is 4.98 Å². The lowest BCUT2D eigenvalue weighted by molar-refractivity contribution is -0.117. The molecule has 2 fully saturated rings. The van der Waals surface area contributed by atoms with E-state index in [2.05, 4.69) is 40.4 Å². The van der Waals surface area contributed by atoms with E-state index in [1.165, 1.54) is 49.6 Å². The van der Waals surface area contributed by atoms with Gasteiger partial charge in [0.2, 0.25) is 0 Å². The average molecular weight is 651 g/mol. The summed E-state index contributed by atoms with van der Waals surface area (Å²) in [5.41, 5.74) is 10.6. The minimum atomic E-state index is -0.400. The van der Waals surface area contributed by atoms with Gasteiger partial charge in [-0.3, -0.25) is 14.5 Å². The summed E-state index contributed by atoms with van der Waals surface area (Å²) < 4.78 is 5.68. The number of allylic oxidation sites excluding steroid dienone is 6. The first-order chi connectivity index (χ1) is 22.0. The molecule has 1 saturated carbocycles. The second-order valence-electron chi connectivity index (χ2n) is 12.2. The lowest BCUT2D eigenvalue weighted by Gasteiger charge is -2.46. The first-order valence-electron chi connectivity index (χ1n) is 16.5. The van der Waals surface area contributed by atoms with Crippen LogP contribution in [0.4, 0.5) is 0 Å². The van der Waals surface area contributed by atoms with Crippen molar-refractivity contribution in [3.8, 4) is 0 Å². The van der Waals surface area contributed by atoms with Crippen molar-refractivity contribution in [2.24, 2.45) is 5.73 Å². The molecule has 0 radical (unpaired) electrons. The Hall–Kier alpha value is -3.63. The van der Waals surface area contributed by atoms with E-state index in [0.29, 0.717) is 34.2 Å². The summed E-state index contributed by atoms with van der Waals surface area (Å²) in [6.07, 6.45) is 18.6. The smallest absolute Gasteiger partial charge is 0.260 e. The fraction of sp³-hybridized carbons (Fsp3) is 0.528. The zero-order chi connectivity index (χ0) is 33.9. The summed E-state index contributed by atoms with van der Waals surface area (Å²) in [6.45, 7) is 12.5. The van der Waals surface area contributed by atoms with Crippen LogP contribution in [0.5, 0.6) is 0 Å². The number of likely N-dealkylation sites (tertiary alicyclic amines) is 1. The number of hydrogen-bond acceptors (Lipinski definition) is 8. The standard InChI is InChI=1S/C36H54N6O3S/c1-9-12-15-28(35(45-8)41(6)7)31-24-39-34(46-31)29(23-37)33(44)40-30(26(5)25(4)10-2)22-27(11-3)32(43)38-19-21-42-20-14-18-36(42)16-13-17-36/h11-12,15,22-24H,9-10,13-14,16-21,37H2,1-8H3,(H,38,43)(H,40,44)/b15-12+,26-25?,27-11+,29-23-,30-22+,35-28-. The highest BCUT2D eigenvalue weighted by Gasteiger charge is 2.44. The first-order valence-corrected chi connectivity index (χ1v) is 17.3. The predicted molar refractivity (Wildman–Crippen MR) is 190 cm³/mol. The van der Waals surface area contributed by atoms with E-state index >= 15 is 0 Å². The largest absolute Gasteiger partial charge is 0.482 e. The lowest BCUT2D eigenvalue weighted by atomic mass is 9.75. The Morgan fingerprint density at radius 1 is 1.17 bits per heavy atom. The molecule has 2 amide bonds. The maximum absolute atomic E-state index is 13.8. The van der Waals surface area contributed by atoms with E-state index in [1.807, 2.05) is 45.8 Å². The fourth-order valence-corrected chi connectivity index (χ4v) is 7.01. The lowest BCUT2D eigenvalue weighted by Crippen LogP contribution is -2.51. The van der Waals surface area contributed by atoms with Crippen LogP contribution in [0.1, 0.15) is 89.4 Å². The molecule has 2 heterocycles. The summed E-state index contributed by atoms with van der Waals surface area (Å²) in [5, 5.41) is 6.64. The minimum absolute atomic E-state index is 0.161. The number of ether oxygens (including phenoxy) is 1. The average Bonchev–Trinajstić information content (AvgIpc) is 3.68. The Labute approximate surface area is 280 Å². The number of rotatable bonds is 15. The van der Waals surface area contributed by atoms with E-state index in [4.69, 9.17) is 10.5 Å². The van der Waals surface area contributed by atoms with Crippen molar-refractivity contribution in [1.29, 1.82) is 0 Å². The molecule has 0 unspecified atom stereocenters. The molecule has 1 aliphatic heterocycles. The van der Waals surface area contributed by atoms with Crippen molar-refractivity contribution >= 4 is 34.3 Å². The van der Waals surface area contributed by atoms with E-state index in [1.54, 1.807) is 25.5 Å². The zero-order valence-electron chi connectivity index (χ0n) is 29.1. The highest BCUT2D eigenvalue weighted by atomic mass is 32.1. The van der Waals surface area contributed by atoms with Crippen LogP contribution in [0, 0.1) is 0 Å². The molecule has 3 rings (SSSR count). The maximum atomic E-state index is 13.8. The molecule has 1 spiro atoms. The molecule has 0 bridgehead atoms. The number of hydrogen-bond donors (Lipinski definition) is 3. The number of nitrogens with one attached hydrogen (secondary N) is 2. The summed E-state index contributed by atoms with van der Waals surface area (Å²) in [7, 11) is 5.46. The van der Waals surface area contributed by atoms with E-state index < -0.39 is 5.91 Å². The normalized spacial score (nSPS) is 18.3. The monoisotopic (exact) mass is 650 g/mol. The van der Waals surface area contributed by atoms with Gasteiger partial charge in [0.15, 0.2) is 5.88 Å². The maximum Gasteiger partial charge on any atom is 0.260 e. The second kappa shape index (κ2) is 17.3. The Bertz CT molecular complexity index is 1420. The van der Waals surface area contributed by atoms with Crippen LogP contribution in [0.25, 0.3) is 11.1 Å². The molecule has 1 saturated heterocycles. The highest BCUT2D eigenvalue weighted by Crippen LogP contribution is 2.45. The molecular weight excluding hydrogens is 597 g/mol. The minimum Gasteiger partial charge on any atom is -0.482 e. The molecule has 9 nitrogen and oxygen atoms in total. The summed E-state index contributed by atoms with van der Waals surface area (Å²) in [5.74, 6) is 0.123. The molecule has 0 aromatic carbocycles. The van der Waals surface area contributed by atoms with Gasteiger partial charge in [-0.2, -0.15) is 0 Å². The van der Waals surface area contributed by atoms with Crippen LogP contribution >= 0.6 is 11.3 Å². The van der Waals surface area contributed by atoms with Gasteiger partial charge in [0.25, 0.3) is 11.8 Å². The molecule has 0 atom stereocenters. The fourth-order valence-electron chi connectivity index (χ4n) is 6.05. The summed E-state index contributed by atoms with van der Waals surface area (Å²) in [6, 6.07) is 0. The van der Waals surface area contributed by atoms with Crippen LogP contribution < -0.4 is 16.4 Å². The summed E-state index contributed by atoms with van der Waals surface area (Å²) >= 11 is 1.36. The zero-order valence-corrected chi connectivity index (χ0v) is 29.9. The van der Waals surface area contributed by atoms with Gasteiger partial charge in [0.1, 0.15) is 5.01 Å². The number of nitrogens with zero attached hydrogens (tertiary/aromatic N) is 3. The molecule has 1 aromatic heterocycles. The van der Waals surface area contributed by atoms with Crippen LogP contribution in [0.2, 0.25) is 0 Å². The molecule has 2 aliphatic rings. The third-order valence-electron chi connectivity index (χ3n) is 9.15. The molecule has 252 valence electrons. The van der Waals surface area contributed by atoms with Crippen LogP contribution in [0.15, 0.2) is 65.0 Å². The topological polar surface area (TPSA) is 113 Å². The van der Waals surface area contributed by atoms with E-state index in [0.717, 1.165) is 47.5 Å². The number of methoxy groups -OCH3 is 1. The Kier molecular flexibility index (Phi) is 13.9. The van der Waals surface area contributed by atoms with Gasteiger partial charge in [0.05, 0.1) is 23.1 Å². The number of amides is 2. The predicted octanol–water partition coefficient (Wildman–Crippen LogP) is 6.11. The van der Waals surface area contributed by atoms with Crippen molar-refractivity contribution in [2.45, 2.75) is 85.1 Å². The molecule has 46 heavy (non-hydrogen) atoms. The van der Waals surface area contributed by atoms with Gasteiger partial charge in [0, 0.05) is 56.4 Å². The van der Waals surface area contributed by atoms with Crippen LogP contribution in [-0.4, -0.2) is 73.0 Å². The van der Waals surface area contributed by atoms with Crippen LogP contribution in [0.3, 0.4) is 0 Å². The SMILES string of the molecule is C/C=C(\C=C(\NC(=O)/C(=C/N)c1ncc(C(/C=C/CC)=C(\OC)N(C)C)s1)C(C)=C(C)CC)C(=O)NCCN1CCCC12CCC2. The van der Waals surface area contributed by atoms with Gasteiger partial charge in [-0.1, -0.05) is 37.6 Å².